The Labute approximate surface area is 139 Å². The molecule has 1 aliphatic heterocycles. The van der Waals surface area contributed by atoms with Crippen LogP contribution in [0.15, 0.2) is 42.5 Å². The van der Waals surface area contributed by atoms with Gasteiger partial charge in [0, 0.05) is 12.3 Å². The fourth-order valence-corrected chi connectivity index (χ4v) is 6.05. The van der Waals surface area contributed by atoms with Crippen LogP contribution in [0.2, 0.25) is 6.04 Å². The highest BCUT2D eigenvalue weighted by Crippen LogP contribution is 2.32. The van der Waals surface area contributed by atoms with Crippen molar-refractivity contribution in [2.24, 2.45) is 0 Å². The Balaban J connectivity index is 1.89. The fourth-order valence-electron chi connectivity index (χ4n) is 3.05. The van der Waals surface area contributed by atoms with Crippen LogP contribution in [0.25, 0.3) is 10.8 Å². The summed E-state index contributed by atoms with van der Waals surface area (Å²) in [6.45, 7) is 0.752. The Morgan fingerprint density at radius 3 is 2.70 bits per heavy atom. The molecule has 4 nitrogen and oxygen atoms in total. The van der Waals surface area contributed by atoms with E-state index >= 15 is 0 Å². The molecule has 3 rings (SSSR count). The lowest BCUT2D eigenvalue weighted by Crippen LogP contribution is -2.27. The molecule has 2 unspecified atom stereocenters. The molecule has 2 radical (unpaired) electrons. The number of benzene rings is 2. The first-order valence-electron chi connectivity index (χ1n) is 7.84. The van der Waals surface area contributed by atoms with Gasteiger partial charge in [-0.05, 0) is 41.6 Å². The van der Waals surface area contributed by atoms with Gasteiger partial charge in [0.05, 0.1) is 9.52 Å². The molecule has 6 heteroatoms. The van der Waals surface area contributed by atoms with Gasteiger partial charge in [0.1, 0.15) is 5.25 Å². The average molecular weight is 348 g/mol. The molecule has 0 aliphatic carbocycles. The van der Waals surface area contributed by atoms with Gasteiger partial charge in [-0.2, -0.15) is 8.42 Å². The number of fused-ring (bicyclic) bond motifs is 1. The predicted octanol–water partition coefficient (Wildman–Crippen LogP) is 3.42. The molecule has 1 heterocycles. The van der Waals surface area contributed by atoms with E-state index < -0.39 is 15.4 Å². The van der Waals surface area contributed by atoms with Gasteiger partial charge in [-0.1, -0.05) is 42.5 Å². The van der Waals surface area contributed by atoms with E-state index in [9.17, 15) is 13.0 Å². The molecule has 0 aromatic heterocycles. The topological polar surface area (TPSA) is 63.6 Å². The number of rotatable bonds is 5. The average Bonchev–Trinajstić information content (AvgIpc) is 2.55. The predicted molar refractivity (Wildman–Crippen MR) is 92.4 cm³/mol. The van der Waals surface area contributed by atoms with Crippen molar-refractivity contribution in [1.29, 1.82) is 0 Å². The second kappa shape index (κ2) is 7.13. The van der Waals surface area contributed by atoms with Crippen LogP contribution in [0.3, 0.4) is 0 Å². The van der Waals surface area contributed by atoms with Gasteiger partial charge in [0.25, 0.3) is 10.1 Å². The third kappa shape index (κ3) is 4.01. The Morgan fingerprint density at radius 1 is 1.17 bits per heavy atom. The number of hydrogen-bond acceptors (Lipinski definition) is 3. The van der Waals surface area contributed by atoms with Crippen molar-refractivity contribution in [3.8, 4) is 0 Å². The molecule has 2 aromatic rings. The molecule has 1 saturated heterocycles. The second-order valence-corrected chi connectivity index (χ2v) is 8.89. The molecule has 2 atom stereocenters. The molecule has 2 aromatic carbocycles. The minimum Gasteiger partial charge on any atom is -0.382 e. The van der Waals surface area contributed by atoms with Gasteiger partial charge >= 0.3 is 0 Å². The first kappa shape index (κ1) is 16.6. The molecule has 0 amide bonds. The smallest absolute Gasteiger partial charge is 0.271 e. The first-order valence-corrected chi connectivity index (χ1v) is 10.6. The van der Waals surface area contributed by atoms with Gasteiger partial charge in [0.15, 0.2) is 0 Å². The maximum absolute atomic E-state index is 12.0. The Hall–Kier alpha value is -1.21. The summed E-state index contributed by atoms with van der Waals surface area (Å²) in [5.41, 5.74) is 0.803. The molecule has 0 spiro atoms. The van der Waals surface area contributed by atoms with E-state index in [0.717, 1.165) is 36.6 Å². The van der Waals surface area contributed by atoms with Crippen LogP contribution < -0.4 is 0 Å². The zero-order valence-electron chi connectivity index (χ0n) is 12.8. The summed E-state index contributed by atoms with van der Waals surface area (Å²) in [5, 5.41) is 0.973. The van der Waals surface area contributed by atoms with Crippen molar-refractivity contribution in [3.63, 3.8) is 0 Å². The van der Waals surface area contributed by atoms with E-state index in [1.807, 2.05) is 36.4 Å². The van der Waals surface area contributed by atoms with E-state index in [0.29, 0.717) is 21.1 Å². The summed E-state index contributed by atoms with van der Waals surface area (Å²) in [6.07, 6.45) is 3.18. The van der Waals surface area contributed by atoms with Crippen LogP contribution in [0.4, 0.5) is 0 Å². The minimum absolute atomic E-state index is 0.128. The van der Waals surface area contributed by atoms with Gasteiger partial charge in [-0.3, -0.25) is 4.55 Å². The molecule has 0 bridgehead atoms. The molecule has 1 aliphatic rings. The standard InChI is InChI=1S/C17H20O4SSi/c18-22(19,20)16(12-23-17-10-3-4-11-21-17)15-9-5-7-13-6-1-2-8-14(13)15/h1-2,5-9,16-17H,3-4,10-12H2,(H,18,19,20). The SMILES string of the molecule is O=S(=O)(O)C(C[Si]C1CCCCO1)c1cccc2ccccc12. The zero-order chi connectivity index (χ0) is 16.3. The summed E-state index contributed by atoms with van der Waals surface area (Å²) < 4.78 is 39.4. The lowest BCUT2D eigenvalue weighted by atomic mass is 10.0. The van der Waals surface area contributed by atoms with E-state index in [1.54, 1.807) is 6.07 Å². The fraction of sp³-hybridized carbons (Fsp3) is 0.412. The van der Waals surface area contributed by atoms with Crippen molar-refractivity contribution >= 4 is 30.4 Å². The van der Waals surface area contributed by atoms with Crippen LogP contribution in [-0.2, 0) is 14.9 Å². The van der Waals surface area contributed by atoms with Gasteiger partial charge < -0.3 is 4.74 Å². The van der Waals surface area contributed by atoms with Crippen molar-refractivity contribution in [3.05, 3.63) is 48.0 Å². The zero-order valence-corrected chi connectivity index (χ0v) is 14.6. The van der Waals surface area contributed by atoms with Crippen LogP contribution in [0.5, 0.6) is 0 Å². The lowest BCUT2D eigenvalue weighted by molar-refractivity contribution is 0.0650. The third-order valence-electron chi connectivity index (χ3n) is 4.24. The minimum atomic E-state index is -4.16. The Kier molecular flexibility index (Phi) is 5.16. The van der Waals surface area contributed by atoms with Gasteiger partial charge in [-0.25, -0.2) is 0 Å². The molecule has 0 saturated carbocycles. The quantitative estimate of drug-likeness (QED) is 0.664. The van der Waals surface area contributed by atoms with E-state index in [2.05, 4.69) is 0 Å². The Morgan fingerprint density at radius 2 is 1.96 bits per heavy atom. The largest absolute Gasteiger partial charge is 0.382 e. The number of hydrogen-bond donors (Lipinski definition) is 1. The van der Waals surface area contributed by atoms with E-state index in [1.165, 1.54) is 0 Å². The van der Waals surface area contributed by atoms with Crippen molar-refractivity contribution in [2.45, 2.75) is 36.3 Å². The summed E-state index contributed by atoms with van der Waals surface area (Å²) >= 11 is 0. The molecule has 23 heavy (non-hydrogen) atoms. The highest BCUT2D eigenvalue weighted by atomic mass is 32.2. The summed E-state index contributed by atoms with van der Waals surface area (Å²) in [7, 11) is -3.79. The maximum Gasteiger partial charge on any atom is 0.271 e. The molecule has 122 valence electrons. The van der Waals surface area contributed by atoms with Crippen LogP contribution in [0.1, 0.15) is 30.1 Å². The highest BCUT2D eigenvalue weighted by molar-refractivity contribution is 7.86. The van der Waals surface area contributed by atoms with Crippen LogP contribution in [0, 0.1) is 0 Å². The van der Waals surface area contributed by atoms with Gasteiger partial charge in [-0.15, -0.1) is 0 Å². The summed E-state index contributed by atoms with van der Waals surface area (Å²) in [5.74, 6) is 0. The van der Waals surface area contributed by atoms with Crippen molar-refractivity contribution < 1.29 is 17.7 Å². The van der Waals surface area contributed by atoms with E-state index in [-0.39, 0.29) is 5.73 Å². The Bertz CT molecular complexity index is 764. The normalized spacial score (nSPS) is 20.5. The first-order chi connectivity index (χ1) is 11.1. The highest BCUT2D eigenvalue weighted by Gasteiger charge is 2.28. The van der Waals surface area contributed by atoms with Crippen molar-refractivity contribution in [2.75, 3.05) is 6.61 Å². The van der Waals surface area contributed by atoms with Crippen LogP contribution in [-0.4, -0.2) is 34.8 Å². The van der Waals surface area contributed by atoms with Crippen molar-refractivity contribution in [1.82, 2.24) is 0 Å². The summed E-state index contributed by atoms with van der Waals surface area (Å²) in [4.78, 5) is 0. The van der Waals surface area contributed by atoms with Gasteiger partial charge in [0.2, 0.25) is 0 Å². The second-order valence-electron chi connectivity index (χ2n) is 5.84. The monoisotopic (exact) mass is 348 g/mol. The molecule has 1 fully saturated rings. The molecular weight excluding hydrogens is 328 g/mol. The van der Waals surface area contributed by atoms with Crippen LogP contribution >= 0.6 is 0 Å². The maximum atomic E-state index is 12.0. The molecule has 1 N–H and O–H groups in total. The third-order valence-corrected chi connectivity index (χ3v) is 7.23. The number of ether oxygens (including phenoxy) is 1. The van der Waals surface area contributed by atoms with E-state index in [4.69, 9.17) is 4.74 Å². The lowest BCUT2D eigenvalue weighted by Gasteiger charge is -2.24. The molecular formula is C17H20O4SSi. The summed E-state index contributed by atoms with van der Waals surface area (Å²) in [6, 6.07) is 13.7.